The molecule has 1 aliphatic rings. The molecule has 3 unspecified atom stereocenters. The van der Waals surface area contributed by atoms with Crippen LogP contribution in [0.4, 0.5) is 10.2 Å². The highest BCUT2D eigenvalue weighted by Gasteiger charge is 2.47. The molecule has 6 nitrogen and oxygen atoms in total. The molecule has 2 rings (SSSR count). The van der Waals surface area contributed by atoms with Gasteiger partial charge in [-0.05, 0) is 13.8 Å². The summed E-state index contributed by atoms with van der Waals surface area (Å²) in [6.45, 7) is 2.73. The molecule has 3 atom stereocenters. The van der Waals surface area contributed by atoms with E-state index in [4.69, 9.17) is 15.6 Å². The number of ether oxygens (including phenoxy) is 1. The van der Waals surface area contributed by atoms with Crippen molar-refractivity contribution in [2.45, 2.75) is 38.3 Å². The molecule has 0 aliphatic carbocycles. The Kier molecular flexibility index (Phi) is 3.12. The second kappa shape index (κ2) is 4.33. The second-order valence-electron chi connectivity index (χ2n) is 4.77. The Morgan fingerprint density at radius 1 is 1.78 bits per heavy atom. The number of nitrogen functional groups attached to an aromatic ring is 1. The molecule has 2 heterocycles. The number of hydrogen-bond donors (Lipinski definition) is 2. The third-order valence-electron chi connectivity index (χ3n) is 3.09. The molecule has 0 amide bonds. The summed E-state index contributed by atoms with van der Waals surface area (Å²) in [5.41, 5.74) is 3.68. The van der Waals surface area contributed by atoms with Crippen LogP contribution in [0.3, 0.4) is 0 Å². The van der Waals surface area contributed by atoms with Gasteiger partial charge in [0, 0.05) is 18.2 Å². The zero-order valence-electron chi connectivity index (χ0n) is 10.3. The molecular formula is C11H16FN3O3. The van der Waals surface area contributed by atoms with Crippen molar-refractivity contribution >= 4 is 5.82 Å². The SMILES string of the molecule is Cc1cn(C2OC(CO)CC2(C)F)c(=O)nc1N. The Morgan fingerprint density at radius 3 is 3.00 bits per heavy atom. The van der Waals surface area contributed by atoms with Gasteiger partial charge in [-0.25, -0.2) is 9.18 Å². The number of alkyl halides is 1. The number of halogens is 1. The van der Waals surface area contributed by atoms with Gasteiger partial charge in [0.2, 0.25) is 0 Å². The number of rotatable bonds is 2. The van der Waals surface area contributed by atoms with Crippen molar-refractivity contribution in [3.05, 3.63) is 22.2 Å². The first-order valence-corrected chi connectivity index (χ1v) is 5.65. The third-order valence-corrected chi connectivity index (χ3v) is 3.09. The summed E-state index contributed by atoms with van der Waals surface area (Å²) in [6, 6.07) is 0. The van der Waals surface area contributed by atoms with Crippen molar-refractivity contribution in [3.63, 3.8) is 0 Å². The molecule has 1 fully saturated rings. The number of hydrogen-bond acceptors (Lipinski definition) is 5. The van der Waals surface area contributed by atoms with E-state index in [1.54, 1.807) is 6.92 Å². The van der Waals surface area contributed by atoms with Crippen molar-refractivity contribution in [1.29, 1.82) is 0 Å². The van der Waals surface area contributed by atoms with Gasteiger partial charge in [-0.15, -0.1) is 0 Å². The van der Waals surface area contributed by atoms with E-state index in [1.165, 1.54) is 13.1 Å². The first kappa shape index (κ1) is 13.0. The fourth-order valence-electron chi connectivity index (χ4n) is 2.13. The van der Waals surface area contributed by atoms with Gasteiger partial charge >= 0.3 is 5.69 Å². The van der Waals surface area contributed by atoms with Crippen LogP contribution >= 0.6 is 0 Å². The quantitative estimate of drug-likeness (QED) is 0.786. The van der Waals surface area contributed by atoms with Gasteiger partial charge in [0.05, 0.1) is 12.7 Å². The molecule has 7 heteroatoms. The largest absolute Gasteiger partial charge is 0.394 e. The van der Waals surface area contributed by atoms with Gasteiger partial charge in [0.1, 0.15) is 5.82 Å². The number of anilines is 1. The molecule has 1 aromatic heterocycles. The van der Waals surface area contributed by atoms with Crippen LogP contribution in [0.15, 0.2) is 11.0 Å². The molecule has 18 heavy (non-hydrogen) atoms. The first-order chi connectivity index (χ1) is 8.35. The zero-order chi connectivity index (χ0) is 13.5. The summed E-state index contributed by atoms with van der Waals surface area (Å²) < 4.78 is 20.8. The molecule has 0 bridgehead atoms. The maximum Gasteiger partial charge on any atom is 0.351 e. The maximum absolute atomic E-state index is 14.4. The van der Waals surface area contributed by atoms with Crippen LogP contribution in [0.5, 0.6) is 0 Å². The molecule has 1 aromatic rings. The minimum Gasteiger partial charge on any atom is -0.394 e. The zero-order valence-corrected chi connectivity index (χ0v) is 10.3. The smallest absolute Gasteiger partial charge is 0.351 e. The van der Waals surface area contributed by atoms with Gasteiger partial charge in [-0.3, -0.25) is 4.57 Å². The van der Waals surface area contributed by atoms with Crippen molar-refractivity contribution in [1.82, 2.24) is 9.55 Å². The van der Waals surface area contributed by atoms with Gasteiger partial charge < -0.3 is 15.6 Å². The Morgan fingerprint density at radius 2 is 2.44 bits per heavy atom. The predicted molar refractivity (Wildman–Crippen MR) is 62.8 cm³/mol. The van der Waals surface area contributed by atoms with E-state index in [0.29, 0.717) is 5.56 Å². The summed E-state index contributed by atoms with van der Waals surface area (Å²) in [4.78, 5) is 15.3. The van der Waals surface area contributed by atoms with Crippen LogP contribution in [0.1, 0.15) is 25.1 Å². The average molecular weight is 257 g/mol. The van der Waals surface area contributed by atoms with Crippen molar-refractivity contribution in [3.8, 4) is 0 Å². The molecule has 0 aromatic carbocycles. The van der Waals surface area contributed by atoms with E-state index in [1.807, 2.05) is 0 Å². The maximum atomic E-state index is 14.4. The Hall–Kier alpha value is -1.47. The lowest BCUT2D eigenvalue weighted by molar-refractivity contribution is -0.0610. The topological polar surface area (TPSA) is 90.4 Å². The number of nitrogens with two attached hydrogens (primary N) is 1. The molecular weight excluding hydrogens is 241 g/mol. The van der Waals surface area contributed by atoms with Crippen LogP contribution in [0.25, 0.3) is 0 Å². The van der Waals surface area contributed by atoms with Crippen molar-refractivity contribution in [2.75, 3.05) is 12.3 Å². The van der Waals surface area contributed by atoms with E-state index < -0.39 is 23.7 Å². The minimum atomic E-state index is -1.73. The normalized spacial score (nSPS) is 31.8. The van der Waals surface area contributed by atoms with E-state index in [0.717, 1.165) is 4.57 Å². The fourth-order valence-corrected chi connectivity index (χ4v) is 2.13. The summed E-state index contributed by atoms with van der Waals surface area (Å²) in [7, 11) is 0. The fraction of sp³-hybridized carbons (Fsp3) is 0.636. The standard InChI is InChI=1S/C11H16FN3O3/c1-6-4-15(10(17)14-8(6)13)9-11(2,12)3-7(5-16)18-9/h4,7,9,16H,3,5H2,1-2H3,(H2,13,14,17). The highest BCUT2D eigenvalue weighted by molar-refractivity contribution is 5.35. The monoisotopic (exact) mass is 257 g/mol. The van der Waals surface area contributed by atoms with Gasteiger partial charge in [-0.2, -0.15) is 4.98 Å². The van der Waals surface area contributed by atoms with Crippen LogP contribution < -0.4 is 11.4 Å². The molecule has 0 spiro atoms. The lowest BCUT2D eigenvalue weighted by atomic mass is 10.0. The van der Waals surface area contributed by atoms with Gasteiger partial charge in [-0.1, -0.05) is 0 Å². The highest BCUT2D eigenvalue weighted by Crippen LogP contribution is 2.40. The molecule has 0 radical (unpaired) electrons. The Labute approximate surface area is 103 Å². The third kappa shape index (κ3) is 2.11. The number of aromatic nitrogens is 2. The van der Waals surface area contributed by atoms with Crippen LogP contribution in [-0.2, 0) is 4.74 Å². The van der Waals surface area contributed by atoms with E-state index in [-0.39, 0.29) is 18.8 Å². The van der Waals surface area contributed by atoms with E-state index in [9.17, 15) is 9.18 Å². The molecule has 1 saturated heterocycles. The van der Waals surface area contributed by atoms with E-state index in [2.05, 4.69) is 4.98 Å². The summed E-state index contributed by atoms with van der Waals surface area (Å²) >= 11 is 0. The molecule has 100 valence electrons. The lowest BCUT2D eigenvalue weighted by Gasteiger charge is -2.23. The van der Waals surface area contributed by atoms with Crippen LogP contribution in [0.2, 0.25) is 0 Å². The Bertz CT molecular complexity index is 515. The van der Waals surface area contributed by atoms with Crippen LogP contribution in [0, 0.1) is 6.92 Å². The van der Waals surface area contributed by atoms with E-state index >= 15 is 0 Å². The predicted octanol–water partition coefficient (Wildman–Crippen LogP) is 0.142. The Balaban J connectivity index is 2.43. The minimum absolute atomic E-state index is 0.0318. The first-order valence-electron chi connectivity index (χ1n) is 5.65. The molecule has 0 saturated carbocycles. The lowest BCUT2D eigenvalue weighted by Crippen LogP contribution is -2.36. The summed E-state index contributed by atoms with van der Waals surface area (Å²) in [5, 5.41) is 9.02. The summed E-state index contributed by atoms with van der Waals surface area (Å²) in [6.07, 6.45) is -0.250. The van der Waals surface area contributed by atoms with Crippen molar-refractivity contribution in [2.24, 2.45) is 0 Å². The van der Waals surface area contributed by atoms with Crippen LogP contribution in [-0.4, -0.2) is 33.0 Å². The molecule has 3 N–H and O–H groups in total. The second-order valence-corrected chi connectivity index (χ2v) is 4.77. The van der Waals surface area contributed by atoms with Gasteiger partial charge in [0.15, 0.2) is 11.9 Å². The highest BCUT2D eigenvalue weighted by atomic mass is 19.1. The number of nitrogens with zero attached hydrogens (tertiary/aromatic N) is 2. The van der Waals surface area contributed by atoms with Crippen molar-refractivity contribution < 1.29 is 14.2 Å². The number of aliphatic hydroxyl groups is 1. The molecule has 1 aliphatic heterocycles. The van der Waals surface area contributed by atoms with Gasteiger partial charge in [0.25, 0.3) is 0 Å². The number of aliphatic hydroxyl groups excluding tert-OH is 1. The average Bonchev–Trinajstić information content (AvgIpc) is 2.59. The summed E-state index contributed by atoms with van der Waals surface area (Å²) in [5.74, 6) is 0.119. The number of aryl methyl sites for hydroxylation is 1.